The minimum atomic E-state index is -4.83. The zero-order chi connectivity index (χ0) is 26.5. The van der Waals surface area contributed by atoms with Crippen molar-refractivity contribution in [2.45, 2.75) is 17.6 Å². The summed E-state index contributed by atoms with van der Waals surface area (Å²) in [5.41, 5.74) is -0.957. The first kappa shape index (κ1) is 27.2. The second-order valence-electron chi connectivity index (χ2n) is 7.45. The van der Waals surface area contributed by atoms with Crippen molar-refractivity contribution in [3.05, 3.63) is 82.9 Å². The lowest BCUT2D eigenvalue weighted by atomic mass is 10.2. The van der Waals surface area contributed by atoms with E-state index in [1.165, 1.54) is 38.5 Å². The molecule has 0 heterocycles. The standard InChI is InChI=1S/C24H22ClF3N2O5S/c1-34-21-11-8-16(12-22(21)35-2)14-29-23(31)15-30(36(32,33)18-6-4-3-5-7-18)17-9-10-20(25)19(13-17)24(26,27)28/h3-13H,14-15H2,1-2H3,(H,29,31). The molecular weight excluding hydrogens is 521 g/mol. The number of ether oxygens (including phenoxy) is 2. The molecule has 0 radical (unpaired) electrons. The van der Waals surface area contributed by atoms with Crippen molar-refractivity contribution >= 4 is 33.2 Å². The minimum Gasteiger partial charge on any atom is -0.493 e. The van der Waals surface area contributed by atoms with E-state index in [1.807, 2.05) is 0 Å². The van der Waals surface area contributed by atoms with Crippen LogP contribution in [0.5, 0.6) is 11.5 Å². The van der Waals surface area contributed by atoms with Crippen molar-refractivity contribution in [2.75, 3.05) is 25.1 Å². The molecule has 0 aliphatic rings. The Morgan fingerprint density at radius 3 is 2.25 bits per heavy atom. The van der Waals surface area contributed by atoms with E-state index in [1.54, 1.807) is 24.3 Å². The van der Waals surface area contributed by atoms with E-state index in [2.05, 4.69) is 5.32 Å². The summed E-state index contributed by atoms with van der Waals surface area (Å²) in [7, 11) is -1.47. The molecule has 0 fully saturated rings. The number of carbonyl (C=O) groups excluding carboxylic acids is 1. The predicted octanol–water partition coefficient (Wildman–Crippen LogP) is 4.89. The van der Waals surface area contributed by atoms with Crippen molar-refractivity contribution in [1.29, 1.82) is 0 Å². The molecule has 0 aromatic heterocycles. The lowest BCUT2D eigenvalue weighted by Crippen LogP contribution is -2.40. The van der Waals surface area contributed by atoms with Crippen molar-refractivity contribution in [1.82, 2.24) is 5.32 Å². The van der Waals surface area contributed by atoms with E-state index >= 15 is 0 Å². The van der Waals surface area contributed by atoms with Crippen LogP contribution in [0.4, 0.5) is 18.9 Å². The third-order valence-corrected chi connectivity index (χ3v) is 7.22. The van der Waals surface area contributed by atoms with Gasteiger partial charge in [-0.2, -0.15) is 13.2 Å². The molecule has 0 atom stereocenters. The van der Waals surface area contributed by atoms with Crippen molar-refractivity contribution < 1.29 is 35.9 Å². The van der Waals surface area contributed by atoms with Crippen LogP contribution in [0.1, 0.15) is 11.1 Å². The monoisotopic (exact) mass is 542 g/mol. The van der Waals surface area contributed by atoms with Crippen LogP contribution in [-0.4, -0.2) is 35.1 Å². The molecule has 3 aromatic carbocycles. The number of methoxy groups -OCH3 is 2. The van der Waals surface area contributed by atoms with E-state index in [9.17, 15) is 26.4 Å². The molecule has 3 aromatic rings. The van der Waals surface area contributed by atoms with Crippen LogP contribution in [0.2, 0.25) is 5.02 Å². The fourth-order valence-electron chi connectivity index (χ4n) is 3.30. The Morgan fingerprint density at radius 1 is 0.972 bits per heavy atom. The highest BCUT2D eigenvalue weighted by Gasteiger charge is 2.35. The van der Waals surface area contributed by atoms with Gasteiger partial charge in [0, 0.05) is 6.54 Å². The maximum Gasteiger partial charge on any atom is 0.417 e. The zero-order valence-electron chi connectivity index (χ0n) is 19.2. The van der Waals surface area contributed by atoms with Crippen LogP contribution in [0.25, 0.3) is 0 Å². The highest BCUT2D eigenvalue weighted by Crippen LogP contribution is 2.38. The number of anilines is 1. The first-order valence-electron chi connectivity index (χ1n) is 10.4. The Labute approximate surface area is 211 Å². The third-order valence-electron chi connectivity index (χ3n) is 5.10. The molecule has 0 spiro atoms. The highest BCUT2D eigenvalue weighted by atomic mass is 35.5. The molecule has 192 valence electrons. The van der Waals surface area contributed by atoms with Gasteiger partial charge in [-0.3, -0.25) is 9.10 Å². The van der Waals surface area contributed by atoms with E-state index in [0.717, 1.165) is 12.1 Å². The summed E-state index contributed by atoms with van der Waals surface area (Å²) in [5.74, 6) is 0.169. The van der Waals surface area contributed by atoms with Gasteiger partial charge in [0.1, 0.15) is 6.54 Å². The number of hydrogen-bond acceptors (Lipinski definition) is 5. The Bertz CT molecular complexity index is 1340. The molecule has 0 bridgehead atoms. The highest BCUT2D eigenvalue weighted by molar-refractivity contribution is 7.92. The number of hydrogen-bond donors (Lipinski definition) is 1. The average Bonchev–Trinajstić information content (AvgIpc) is 2.86. The fourth-order valence-corrected chi connectivity index (χ4v) is 4.96. The van der Waals surface area contributed by atoms with Crippen LogP contribution in [0.3, 0.4) is 0 Å². The fraction of sp³-hybridized carbons (Fsp3) is 0.208. The zero-order valence-corrected chi connectivity index (χ0v) is 20.7. The number of halogens is 4. The maximum atomic E-state index is 13.4. The molecule has 0 saturated heterocycles. The van der Waals surface area contributed by atoms with E-state index in [0.29, 0.717) is 27.4 Å². The van der Waals surface area contributed by atoms with Gasteiger partial charge in [0.2, 0.25) is 5.91 Å². The van der Waals surface area contributed by atoms with Crippen LogP contribution in [-0.2, 0) is 27.5 Å². The Kier molecular flexibility index (Phi) is 8.36. The molecule has 7 nitrogen and oxygen atoms in total. The SMILES string of the molecule is COc1ccc(CNC(=O)CN(c2ccc(Cl)c(C(F)(F)F)c2)S(=O)(=O)c2ccccc2)cc1OC. The van der Waals surface area contributed by atoms with Crippen LogP contribution < -0.4 is 19.1 Å². The number of carbonyl (C=O) groups is 1. The Balaban J connectivity index is 1.92. The summed E-state index contributed by atoms with van der Waals surface area (Å²) in [6, 6.07) is 14.7. The first-order chi connectivity index (χ1) is 17.0. The molecule has 0 aliphatic carbocycles. The number of rotatable bonds is 9. The van der Waals surface area contributed by atoms with Crippen molar-refractivity contribution in [3.8, 4) is 11.5 Å². The molecule has 0 unspecified atom stereocenters. The van der Waals surface area contributed by atoms with Crippen LogP contribution in [0.15, 0.2) is 71.6 Å². The number of sulfonamides is 1. The maximum absolute atomic E-state index is 13.4. The molecular formula is C24H22ClF3N2O5S. The molecule has 0 aliphatic heterocycles. The van der Waals surface area contributed by atoms with Crippen LogP contribution >= 0.6 is 11.6 Å². The number of nitrogens with zero attached hydrogens (tertiary/aromatic N) is 1. The van der Waals surface area contributed by atoms with Crippen molar-refractivity contribution in [3.63, 3.8) is 0 Å². The number of alkyl halides is 3. The van der Waals surface area contributed by atoms with Gasteiger partial charge in [-0.1, -0.05) is 35.9 Å². The van der Waals surface area contributed by atoms with Gasteiger partial charge < -0.3 is 14.8 Å². The van der Waals surface area contributed by atoms with Gasteiger partial charge in [-0.05, 0) is 48.0 Å². The molecule has 3 rings (SSSR count). The molecule has 0 saturated carbocycles. The minimum absolute atomic E-state index is 0.00678. The lowest BCUT2D eigenvalue weighted by Gasteiger charge is -2.25. The van der Waals surface area contributed by atoms with Gasteiger partial charge in [0.05, 0.1) is 35.4 Å². The van der Waals surface area contributed by atoms with Gasteiger partial charge >= 0.3 is 6.18 Å². The topological polar surface area (TPSA) is 84.9 Å². The summed E-state index contributed by atoms with van der Waals surface area (Å²) in [4.78, 5) is 12.6. The lowest BCUT2D eigenvalue weighted by molar-refractivity contribution is -0.137. The summed E-state index contributed by atoms with van der Waals surface area (Å²) < 4.78 is 78.0. The van der Waals surface area contributed by atoms with Crippen molar-refractivity contribution in [2.24, 2.45) is 0 Å². The van der Waals surface area contributed by atoms with Gasteiger partial charge in [0.25, 0.3) is 10.0 Å². The van der Waals surface area contributed by atoms with E-state index in [-0.39, 0.29) is 17.1 Å². The smallest absolute Gasteiger partial charge is 0.417 e. The van der Waals surface area contributed by atoms with Gasteiger partial charge in [0.15, 0.2) is 11.5 Å². The molecule has 36 heavy (non-hydrogen) atoms. The largest absolute Gasteiger partial charge is 0.493 e. The predicted molar refractivity (Wildman–Crippen MR) is 129 cm³/mol. The quantitative estimate of drug-likeness (QED) is 0.416. The number of benzene rings is 3. The summed E-state index contributed by atoms with van der Waals surface area (Å²) >= 11 is 5.70. The Morgan fingerprint density at radius 2 is 1.64 bits per heavy atom. The molecule has 12 heteroatoms. The Hall–Kier alpha value is -3.44. The molecule has 1 N–H and O–H groups in total. The summed E-state index contributed by atoms with van der Waals surface area (Å²) in [6.07, 6.45) is -4.83. The summed E-state index contributed by atoms with van der Waals surface area (Å²) in [6.45, 7) is -0.768. The third kappa shape index (κ3) is 6.21. The van der Waals surface area contributed by atoms with Crippen LogP contribution in [0, 0.1) is 0 Å². The molecule has 1 amide bonds. The average molecular weight is 543 g/mol. The van der Waals surface area contributed by atoms with E-state index in [4.69, 9.17) is 21.1 Å². The normalized spacial score (nSPS) is 11.6. The second kappa shape index (κ2) is 11.1. The number of nitrogens with one attached hydrogen (secondary N) is 1. The second-order valence-corrected chi connectivity index (χ2v) is 9.72. The van der Waals surface area contributed by atoms with E-state index < -0.39 is 39.2 Å². The van der Waals surface area contributed by atoms with Gasteiger partial charge in [-0.25, -0.2) is 8.42 Å². The van der Waals surface area contributed by atoms with Gasteiger partial charge in [-0.15, -0.1) is 0 Å². The summed E-state index contributed by atoms with van der Waals surface area (Å²) in [5, 5.41) is 1.98. The number of amides is 1. The first-order valence-corrected chi connectivity index (χ1v) is 12.2.